The number of thiazole rings is 1. The monoisotopic (exact) mass is 376 g/mol. The molecule has 10 heteroatoms. The van der Waals surface area contributed by atoms with Crippen molar-refractivity contribution in [2.45, 2.75) is 15.7 Å². The molecule has 25 heavy (non-hydrogen) atoms. The third-order valence-electron chi connectivity index (χ3n) is 3.11. The molecule has 0 radical (unpaired) electrons. The summed E-state index contributed by atoms with van der Waals surface area (Å²) >= 11 is 0.890. The molecule has 128 valence electrons. The molecule has 2 aromatic heterocycles. The zero-order chi connectivity index (χ0) is 17.9. The predicted octanol–water partition coefficient (Wildman–Crippen LogP) is 2.03. The van der Waals surface area contributed by atoms with Crippen molar-refractivity contribution in [2.24, 2.45) is 5.73 Å². The van der Waals surface area contributed by atoms with E-state index >= 15 is 0 Å². The van der Waals surface area contributed by atoms with Gasteiger partial charge in [-0.1, -0.05) is 30.3 Å². The summed E-state index contributed by atoms with van der Waals surface area (Å²) in [5.74, 6) is 0.430. The van der Waals surface area contributed by atoms with E-state index in [2.05, 4.69) is 19.7 Å². The van der Waals surface area contributed by atoms with Crippen LogP contribution in [0.5, 0.6) is 0 Å². The molecule has 0 saturated heterocycles. The molecule has 1 amide bonds. The zero-order valence-corrected chi connectivity index (χ0v) is 14.3. The number of amides is 1. The van der Waals surface area contributed by atoms with E-state index in [-0.39, 0.29) is 15.7 Å². The highest BCUT2D eigenvalue weighted by molar-refractivity contribution is 7.93. The first-order valence-corrected chi connectivity index (χ1v) is 9.26. The SMILES string of the molecule is NC(=O)OCc1ncc(S(=O)(=O)c2cnc(-c3ccccc3)nc2)s1. The van der Waals surface area contributed by atoms with Crippen molar-refractivity contribution >= 4 is 27.3 Å². The Morgan fingerprint density at radius 1 is 1.08 bits per heavy atom. The summed E-state index contributed by atoms with van der Waals surface area (Å²) in [5.41, 5.74) is 5.65. The summed E-state index contributed by atoms with van der Waals surface area (Å²) in [6.07, 6.45) is 2.75. The molecule has 0 aliphatic rings. The lowest BCUT2D eigenvalue weighted by molar-refractivity contribution is 0.150. The van der Waals surface area contributed by atoms with Crippen molar-refractivity contribution in [3.63, 3.8) is 0 Å². The van der Waals surface area contributed by atoms with Gasteiger partial charge in [-0.2, -0.15) is 0 Å². The summed E-state index contributed by atoms with van der Waals surface area (Å²) < 4.78 is 29.8. The van der Waals surface area contributed by atoms with E-state index in [0.29, 0.717) is 10.8 Å². The minimum absolute atomic E-state index is 0.00614. The van der Waals surface area contributed by atoms with Crippen molar-refractivity contribution in [2.75, 3.05) is 0 Å². The molecular weight excluding hydrogens is 364 g/mol. The molecule has 0 fully saturated rings. The van der Waals surface area contributed by atoms with E-state index in [1.54, 1.807) is 0 Å². The van der Waals surface area contributed by atoms with Crippen LogP contribution in [0.15, 0.2) is 58.0 Å². The number of carbonyl (C=O) groups is 1. The van der Waals surface area contributed by atoms with Gasteiger partial charge < -0.3 is 10.5 Å². The number of ether oxygens (including phenoxy) is 1. The number of nitrogens with two attached hydrogens (primary N) is 1. The van der Waals surface area contributed by atoms with Gasteiger partial charge >= 0.3 is 6.09 Å². The average Bonchev–Trinajstić information content (AvgIpc) is 3.11. The van der Waals surface area contributed by atoms with Gasteiger partial charge in [-0.05, 0) is 0 Å². The van der Waals surface area contributed by atoms with Gasteiger partial charge in [0.2, 0.25) is 9.84 Å². The molecule has 1 aromatic carbocycles. The van der Waals surface area contributed by atoms with Crippen molar-refractivity contribution in [1.29, 1.82) is 0 Å². The van der Waals surface area contributed by atoms with Crippen LogP contribution < -0.4 is 5.73 Å². The van der Waals surface area contributed by atoms with Crippen LogP contribution in [-0.4, -0.2) is 29.5 Å². The summed E-state index contributed by atoms with van der Waals surface area (Å²) in [6, 6.07) is 9.22. The van der Waals surface area contributed by atoms with E-state index in [1.165, 1.54) is 18.6 Å². The second kappa shape index (κ2) is 6.95. The Hall–Kier alpha value is -2.85. The predicted molar refractivity (Wildman–Crippen MR) is 89.4 cm³/mol. The highest BCUT2D eigenvalue weighted by Gasteiger charge is 2.22. The van der Waals surface area contributed by atoms with E-state index in [0.717, 1.165) is 16.9 Å². The van der Waals surface area contributed by atoms with E-state index < -0.39 is 15.9 Å². The fourth-order valence-corrected chi connectivity index (χ4v) is 4.31. The normalized spacial score (nSPS) is 11.2. The Morgan fingerprint density at radius 3 is 2.40 bits per heavy atom. The van der Waals surface area contributed by atoms with Crippen LogP contribution in [0.3, 0.4) is 0 Å². The van der Waals surface area contributed by atoms with Gasteiger partial charge in [0.1, 0.15) is 20.7 Å². The van der Waals surface area contributed by atoms with Gasteiger partial charge in [0.15, 0.2) is 5.82 Å². The average molecular weight is 376 g/mol. The lowest BCUT2D eigenvalue weighted by Gasteiger charge is -2.03. The topological polar surface area (TPSA) is 125 Å². The van der Waals surface area contributed by atoms with E-state index in [9.17, 15) is 13.2 Å². The Labute approximate surface area is 147 Å². The number of hydrogen-bond donors (Lipinski definition) is 1. The Kier molecular flexibility index (Phi) is 4.72. The Balaban J connectivity index is 1.84. The standard InChI is InChI=1S/C15H12N4O4S2/c16-15(20)23-9-12-17-8-13(24-12)25(21,22)11-6-18-14(19-7-11)10-4-2-1-3-5-10/h1-8H,9H2,(H2,16,20). The summed E-state index contributed by atoms with van der Waals surface area (Å²) in [4.78, 5) is 22.7. The van der Waals surface area contributed by atoms with Crippen LogP contribution in [-0.2, 0) is 21.2 Å². The van der Waals surface area contributed by atoms with Crippen molar-refractivity contribution in [3.8, 4) is 11.4 Å². The fraction of sp³-hybridized carbons (Fsp3) is 0.0667. The van der Waals surface area contributed by atoms with Crippen molar-refractivity contribution < 1.29 is 17.9 Å². The smallest absolute Gasteiger partial charge is 0.404 e. The number of aromatic nitrogens is 3. The number of carbonyl (C=O) groups excluding carboxylic acids is 1. The quantitative estimate of drug-likeness (QED) is 0.722. The minimum Gasteiger partial charge on any atom is -0.442 e. The molecule has 0 aliphatic carbocycles. The first kappa shape index (κ1) is 17.0. The molecule has 0 unspecified atom stereocenters. The lowest BCUT2D eigenvalue weighted by atomic mass is 10.2. The maximum Gasteiger partial charge on any atom is 0.404 e. The number of benzene rings is 1. The molecule has 3 aromatic rings. The number of sulfone groups is 1. The third-order valence-corrected chi connectivity index (χ3v) is 6.25. The first-order chi connectivity index (χ1) is 12.0. The molecule has 0 bridgehead atoms. The molecule has 2 N–H and O–H groups in total. The highest BCUT2D eigenvalue weighted by Crippen LogP contribution is 2.26. The molecule has 0 spiro atoms. The summed E-state index contributed by atoms with van der Waals surface area (Å²) in [6.45, 7) is -0.182. The third kappa shape index (κ3) is 3.80. The number of primary amides is 1. The van der Waals surface area contributed by atoms with Crippen LogP contribution >= 0.6 is 11.3 Å². The van der Waals surface area contributed by atoms with Crippen LogP contribution in [0.25, 0.3) is 11.4 Å². The summed E-state index contributed by atoms with van der Waals surface area (Å²) in [5, 5.41) is 0.319. The number of hydrogen-bond acceptors (Lipinski definition) is 8. The van der Waals surface area contributed by atoms with Gasteiger partial charge in [0.25, 0.3) is 0 Å². The first-order valence-electron chi connectivity index (χ1n) is 6.96. The number of nitrogens with zero attached hydrogens (tertiary/aromatic N) is 3. The van der Waals surface area contributed by atoms with Crippen LogP contribution in [0, 0.1) is 0 Å². The Bertz CT molecular complexity index is 986. The van der Waals surface area contributed by atoms with Gasteiger partial charge in [0, 0.05) is 5.56 Å². The van der Waals surface area contributed by atoms with Gasteiger partial charge in [0.05, 0.1) is 18.6 Å². The molecule has 8 nitrogen and oxygen atoms in total. The van der Waals surface area contributed by atoms with Gasteiger partial charge in [-0.3, -0.25) is 0 Å². The van der Waals surface area contributed by atoms with Crippen molar-refractivity contribution in [3.05, 3.63) is 53.9 Å². The molecular formula is C15H12N4O4S2. The second-order valence-electron chi connectivity index (χ2n) is 4.79. The van der Waals surface area contributed by atoms with E-state index in [4.69, 9.17) is 5.73 Å². The maximum atomic E-state index is 12.6. The van der Waals surface area contributed by atoms with Crippen molar-refractivity contribution in [1.82, 2.24) is 15.0 Å². The molecule has 0 atom stereocenters. The summed E-state index contributed by atoms with van der Waals surface area (Å²) in [7, 11) is -3.80. The second-order valence-corrected chi connectivity index (χ2v) is 8.08. The Morgan fingerprint density at radius 2 is 1.76 bits per heavy atom. The minimum atomic E-state index is -3.80. The molecule has 2 heterocycles. The maximum absolute atomic E-state index is 12.6. The van der Waals surface area contributed by atoms with Crippen LogP contribution in [0.1, 0.15) is 5.01 Å². The lowest BCUT2D eigenvalue weighted by Crippen LogP contribution is -2.12. The largest absolute Gasteiger partial charge is 0.442 e. The fourth-order valence-electron chi connectivity index (χ4n) is 1.92. The zero-order valence-electron chi connectivity index (χ0n) is 12.7. The molecule has 3 rings (SSSR count). The van der Waals surface area contributed by atoms with Crippen LogP contribution in [0.2, 0.25) is 0 Å². The van der Waals surface area contributed by atoms with E-state index in [1.807, 2.05) is 30.3 Å². The molecule has 0 saturated carbocycles. The molecule has 0 aliphatic heterocycles. The number of rotatable bonds is 5. The van der Waals surface area contributed by atoms with Crippen LogP contribution in [0.4, 0.5) is 4.79 Å². The highest BCUT2D eigenvalue weighted by atomic mass is 32.2. The van der Waals surface area contributed by atoms with Gasteiger partial charge in [-0.15, -0.1) is 11.3 Å². The van der Waals surface area contributed by atoms with Gasteiger partial charge in [-0.25, -0.2) is 28.2 Å².